The number of methoxy groups -OCH3 is 1. The number of fused-ring (bicyclic) bond motifs is 1. The number of carboxylic acid groups (broad SMARTS) is 1. The predicted molar refractivity (Wildman–Crippen MR) is 130 cm³/mol. The third kappa shape index (κ3) is 4.55. The van der Waals surface area contributed by atoms with E-state index in [0.717, 1.165) is 52.7 Å². The largest absolute Gasteiger partial charge is 0.496 e. The molecule has 7 heteroatoms. The molecule has 2 heterocycles. The molecule has 0 radical (unpaired) electrons. The lowest BCUT2D eigenvalue weighted by Gasteiger charge is -2.40. The Bertz CT molecular complexity index is 1190. The van der Waals surface area contributed by atoms with Crippen LogP contribution in [-0.2, 0) is 6.54 Å². The van der Waals surface area contributed by atoms with Crippen molar-refractivity contribution < 1.29 is 19.0 Å². The van der Waals surface area contributed by atoms with Crippen LogP contribution in [0.1, 0.15) is 58.8 Å². The molecule has 3 aromatic rings. The lowest BCUT2D eigenvalue weighted by atomic mass is 9.90. The summed E-state index contributed by atoms with van der Waals surface area (Å²) in [6, 6.07) is 11.7. The lowest BCUT2D eigenvalue weighted by molar-refractivity contribution is 0.0696. The number of aromatic amines is 1. The Balaban J connectivity index is 1.44. The Morgan fingerprint density at radius 3 is 2.74 bits per heavy atom. The van der Waals surface area contributed by atoms with Gasteiger partial charge in [-0.3, -0.25) is 4.90 Å². The number of aromatic carboxylic acids is 1. The van der Waals surface area contributed by atoms with Crippen molar-refractivity contribution in [1.82, 2.24) is 15.2 Å². The van der Waals surface area contributed by atoms with Crippen LogP contribution in [0.15, 0.2) is 42.6 Å². The first-order valence-electron chi connectivity index (χ1n) is 12.0. The fourth-order valence-electron chi connectivity index (χ4n) is 5.21. The number of hydrogen-bond donors (Lipinski definition) is 3. The van der Waals surface area contributed by atoms with E-state index in [2.05, 4.69) is 34.3 Å². The molecule has 1 saturated carbocycles. The second-order valence-corrected chi connectivity index (χ2v) is 9.81. The van der Waals surface area contributed by atoms with Crippen LogP contribution in [0.3, 0.4) is 0 Å². The van der Waals surface area contributed by atoms with Gasteiger partial charge in [-0.15, -0.1) is 0 Å². The molecule has 1 saturated heterocycles. The average Bonchev–Trinajstić information content (AvgIpc) is 3.37. The van der Waals surface area contributed by atoms with E-state index in [1.165, 1.54) is 0 Å². The van der Waals surface area contributed by atoms with E-state index in [9.17, 15) is 14.3 Å². The molecule has 0 amide bonds. The van der Waals surface area contributed by atoms with Gasteiger partial charge in [-0.05, 0) is 68.0 Å². The highest BCUT2D eigenvalue weighted by atomic mass is 19.1. The number of hydrogen-bond acceptors (Lipinski definition) is 4. The smallest absolute Gasteiger partial charge is 0.335 e. The maximum absolute atomic E-state index is 14.2. The van der Waals surface area contributed by atoms with E-state index < -0.39 is 11.6 Å². The van der Waals surface area contributed by atoms with Gasteiger partial charge in [0, 0.05) is 54.4 Å². The Hall–Kier alpha value is -2.90. The van der Waals surface area contributed by atoms with Crippen LogP contribution in [0.4, 0.5) is 4.39 Å². The summed E-state index contributed by atoms with van der Waals surface area (Å²) >= 11 is 0. The first-order chi connectivity index (χ1) is 16.4. The molecule has 2 fully saturated rings. The number of aromatic nitrogens is 1. The summed E-state index contributed by atoms with van der Waals surface area (Å²) in [7, 11) is 1.71. The van der Waals surface area contributed by atoms with E-state index >= 15 is 0 Å². The summed E-state index contributed by atoms with van der Waals surface area (Å²) in [5.41, 5.74) is 3.74. The number of nitrogens with one attached hydrogen (secondary N) is 2. The second-order valence-electron chi connectivity index (χ2n) is 9.81. The van der Waals surface area contributed by atoms with Gasteiger partial charge in [0.2, 0.25) is 0 Å². The van der Waals surface area contributed by atoms with Crippen molar-refractivity contribution >= 4 is 16.9 Å². The minimum absolute atomic E-state index is 0.0869. The van der Waals surface area contributed by atoms with Crippen molar-refractivity contribution in [3.63, 3.8) is 0 Å². The van der Waals surface area contributed by atoms with E-state index in [1.54, 1.807) is 19.2 Å². The number of H-pyrrole nitrogens is 1. The third-order valence-corrected chi connectivity index (χ3v) is 7.45. The van der Waals surface area contributed by atoms with Gasteiger partial charge in [-0.25, -0.2) is 9.18 Å². The van der Waals surface area contributed by atoms with Gasteiger partial charge in [0.1, 0.15) is 11.4 Å². The molecule has 1 aliphatic heterocycles. The maximum atomic E-state index is 14.2. The highest BCUT2D eigenvalue weighted by molar-refractivity contribution is 5.88. The quantitative estimate of drug-likeness (QED) is 0.437. The molecular weight excluding hydrogens is 433 g/mol. The number of carbonyl (C=O) groups is 1. The normalized spacial score (nSPS) is 22.1. The summed E-state index contributed by atoms with van der Waals surface area (Å²) in [5.74, 6) is -0.0542. The zero-order valence-corrected chi connectivity index (χ0v) is 19.7. The van der Waals surface area contributed by atoms with Gasteiger partial charge in [0.25, 0.3) is 0 Å². The molecule has 2 aliphatic rings. The van der Waals surface area contributed by atoms with E-state index in [4.69, 9.17) is 4.74 Å². The van der Waals surface area contributed by atoms with Crippen molar-refractivity contribution in [3.05, 3.63) is 64.8 Å². The Morgan fingerprint density at radius 2 is 2.06 bits per heavy atom. The van der Waals surface area contributed by atoms with Crippen molar-refractivity contribution in [3.8, 4) is 5.75 Å². The van der Waals surface area contributed by atoms with Crippen molar-refractivity contribution in [2.45, 2.75) is 56.9 Å². The maximum Gasteiger partial charge on any atom is 0.335 e. The van der Waals surface area contributed by atoms with Gasteiger partial charge >= 0.3 is 5.97 Å². The zero-order valence-electron chi connectivity index (χ0n) is 19.7. The number of rotatable bonds is 8. The number of nitrogens with zero attached hydrogens (tertiary/aromatic N) is 1. The van der Waals surface area contributed by atoms with Gasteiger partial charge in [-0.2, -0.15) is 0 Å². The topological polar surface area (TPSA) is 77.6 Å². The van der Waals surface area contributed by atoms with Gasteiger partial charge in [-0.1, -0.05) is 12.1 Å². The molecule has 2 aromatic carbocycles. The summed E-state index contributed by atoms with van der Waals surface area (Å²) in [4.78, 5) is 17.1. The standard InChI is InChI=1S/C27H32FN3O3/c1-17-13-24(34-2)22(21-7-11-29-25(17)21)15-31-12-8-20(30-16-27(28)9-10-27)14-23(31)18-3-5-19(6-4-18)26(32)33/h3-7,11,13,20,23,29-30H,8-10,12,14-16H2,1-2H3,(H,32,33)/t20-,23-/m0/s1. The van der Waals surface area contributed by atoms with Gasteiger partial charge < -0.3 is 20.1 Å². The van der Waals surface area contributed by atoms with Gasteiger partial charge in [0.05, 0.1) is 12.7 Å². The van der Waals surface area contributed by atoms with Crippen LogP contribution in [0.5, 0.6) is 5.75 Å². The third-order valence-electron chi connectivity index (χ3n) is 7.45. The second kappa shape index (κ2) is 9.04. The first-order valence-corrected chi connectivity index (χ1v) is 12.0. The van der Waals surface area contributed by atoms with Crippen LogP contribution >= 0.6 is 0 Å². The predicted octanol–water partition coefficient (Wildman–Crippen LogP) is 4.98. The summed E-state index contributed by atoms with van der Waals surface area (Å²) in [5, 5.41) is 13.9. The summed E-state index contributed by atoms with van der Waals surface area (Å²) in [6.07, 6.45) is 5.04. The van der Waals surface area contributed by atoms with Crippen molar-refractivity contribution in [2.75, 3.05) is 20.2 Å². The zero-order chi connectivity index (χ0) is 23.9. The monoisotopic (exact) mass is 465 g/mol. The molecule has 1 aliphatic carbocycles. The highest BCUT2D eigenvalue weighted by Crippen LogP contribution is 2.40. The molecule has 5 rings (SSSR count). The highest BCUT2D eigenvalue weighted by Gasteiger charge is 2.43. The van der Waals surface area contributed by atoms with E-state index in [0.29, 0.717) is 25.9 Å². The Labute approximate surface area is 199 Å². The van der Waals surface area contributed by atoms with Crippen LogP contribution in [0.2, 0.25) is 0 Å². The number of alkyl halides is 1. The molecule has 180 valence electrons. The fourth-order valence-corrected chi connectivity index (χ4v) is 5.21. The number of ether oxygens (including phenoxy) is 1. The molecule has 0 unspecified atom stereocenters. The van der Waals surface area contributed by atoms with Crippen LogP contribution in [0.25, 0.3) is 10.9 Å². The van der Waals surface area contributed by atoms with Crippen LogP contribution in [-0.4, -0.2) is 52.9 Å². The number of benzene rings is 2. The number of aryl methyl sites for hydroxylation is 1. The van der Waals surface area contributed by atoms with E-state index in [-0.39, 0.29) is 17.6 Å². The fraction of sp³-hybridized carbons (Fsp3) is 0.444. The molecular formula is C27H32FN3O3. The molecule has 2 atom stereocenters. The van der Waals surface area contributed by atoms with Crippen LogP contribution < -0.4 is 10.1 Å². The molecule has 0 bridgehead atoms. The van der Waals surface area contributed by atoms with E-state index in [1.807, 2.05) is 18.3 Å². The molecule has 6 nitrogen and oxygen atoms in total. The summed E-state index contributed by atoms with van der Waals surface area (Å²) < 4.78 is 20.0. The number of carboxylic acids is 1. The average molecular weight is 466 g/mol. The number of piperidine rings is 1. The Morgan fingerprint density at radius 1 is 1.29 bits per heavy atom. The number of likely N-dealkylation sites (tertiary alicyclic amines) is 1. The molecule has 3 N–H and O–H groups in total. The minimum atomic E-state index is -1.02. The van der Waals surface area contributed by atoms with Crippen molar-refractivity contribution in [1.29, 1.82) is 0 Å². The number of halogens is 1. The first kappa shape index (κ1) is 22.9. The van der Waals surface area contributed by atoms with Crippen molar-refractivity contribution in [2.24, 2.45) is 0 Å². The molecule has 1 aromatic heterocycles. The molecule has 34 heavy (non-hydrogen) atoms. The SMILES string of the molecule is COc1cc(C)c2[nH]ccc2c1CN1CC[C@H](NCC2(F)CC2)C[C@H]1c1ccc(C(=O)O)cc1. The van der Waals surface area contributed by atoms with Crippen LogP contribution in [0, 0.1) is 6.92 Å². The lowest BCUT2D eigenvalue weighted by Crippen LogP contribution is -2.45. The minimum Gasteiger partial charge on any atom is -0.496 e. The Kier molecular flexibility index (Phi) is 6.08. The summed E-state index contributed by atoms with van der Waals surface area (Å²) in [6.45, 7) is 4.05. The molecule has 0 spiro atoms. The van der Waals surface area contributed by atoms with Gasteiger partial charge in [0.15, 0.2) is 0 Å².